The molecule has 8 heterocycles. The molecule has 3 N–H and O–H groups in total. The van der Waals surface area contributed by atoms with E-state index in [0.717, 1.165) is 79.5 Å². The fourth-order valence-electron chi connectivity index (χ4n) is 16.7. The zero-order chi connectivity index (χ0) is 84.5. The average molecular weight is 1620 g/mol. The summed E-state index contributed by atoms with van der Waals surface area (Å²) in [7, 11) is 0. The molecule has 2 aliphatic heterocycles. The minimum absolute atomic E-state index is 0.00240. The van der Waals surface area contributed by atoms with Crippen molar-refractivity contribution < 1.29 is 85.7 Å². The monoisotopic (exact) mass is 1620 g/mol. The first-order valence-electron chi connectivity index (χ1n) is 39.7. The van der Waals surface area contributed by atoms with E-state index >= 15 is 0 Å². The number of rotatable bonds is 16. The summed E-state index contributed by atoms with van der Waals surface area (Å²) < 4.78 is 59.6. The highest BCUT2D eigenvalue weighted by atomic mass is 16.6. The third-order valence-electron chi connectivity index (χ3n) is 22.1. The second-order valence-corrected chi connectivity index (χ2v) is 31.8. The van der Waals surface area contributed by atoms with Crippen LogP contribution < -0.4 is 14.2 Å². The normalized spacial score (nSPS) is 22.4. The Hall–Kier alpha value is -12.5. The van der Waals surface area contributed by atoms with Crippen LogP contribution in [0.2, 0.25) is 0 Å². The number of carbonyl (C=O) groups excluding carboxylic acids is 8. The molecule has 622 valence electrons. The van der Waals surface area contributed by atoms with E-state index in [-0.39, 0.29) is 122 Å². The fourth-order valence-corrected chi connectivity index (χ4v) is 16.7. The van der Waals surface area contributed by atoms with Crippen molar-refractivity contribution in [2.75, 3.05) is 66.1 Å². The molecule has 3 amide bonds. The van der Waals surface area contributed by atoms with Crippen molar-refractivity contribution in [1.82, 2.24) is 58.5 Å². The van der Waals surface area contributed by atoms with Crippen LogP contribution in [0, 0.1) is 86.8 Å². The largest absolute Gasteiger partial charge is 0.459 e. The van der Waals surface area contributed by atoms with Crippen LogP contribution in [0.5, 0.6) is 17.6 Å². The third kappa shape index (κ3) is 18.9. The van der Waals surface area contributed by atoms with Gasteiger partial charge in [0.25, 0.3) is 17.1 Å². The third-order valence-corrected chi connectivity index (χ3v) is 22.1. The first kappa shape index (κ1) is 84.8. The number of hydrogen-bond acceptors (Lipinski definition) is 21. The van der Waals surface area contributed by atoms with Crippen LogP contribution in [0.4, 0.5) is 31.4 Å². The first-order chi connectivity index (χ1) is 56.5. The van der Waals surface area contributed by atoms with Crippen LogP contribution in [0.15, 0.2) is 78.9 Å². The molecule has 3 aromatic carbocycles. The van der Waals surface area contributed by atoms with Crippen molar-refractivity contribution in [2.24, 2.45) is 53.3 Å². The predicted molar refractivity (Wildman–Crippen MR) is 429 cm³/mol. The van der Waals surface area contributed by atoms with Gasteiger partial charge in [-0.25, -0.2) is 76.7 Å². The summed E-state index contributed by atoms with van der Waals surface area (Å²) in [6.45, 7) is 50.9. The van der Waals surface area contributed by atoms with Crippen molar-refractivity contribution >= 4 is 82.1 Å². The Kier molecular flexibility index (Phi) is 26.7. The summed E-state index contributed by atoms with van der Waals surface area (Å²) >= 11 is 0. The summed E-state index contributed by atoms with van der Waals surface area (Å²) in [4.78, 5) is 131. The predicted octanol–water partition coefficient (Wildman–Crippen LogP) is 15.4. The van der Waals surface area contributed by atoms with E-state index in [1.165, 1.54) is 23.3 Å². The number of aryl methyl sites for hydroxylation is 2. The lowest BCUT2D eigenvalue weighted by atomic mass is 9.75. The van der Waals surface area contributed by atoms with E-state index in [4.69, 9.17) is 67.1 Å². The smallest absolute Gasteiger partial charge is 0.420 e. The summed E-state index contributed by atoms with van der Waals surface area (Å²) in [6, 6.07) is 24.6. The number of nitrogens with zero attached hydrogens (tertiary/aromatic N) is 12. The molecule has 9 aromatic rings. The SMILES string of the molecule is [C-]#[N+]c1c(C(=O)OC2C(C)CC(C)CC2C)c2nc(-c3ccc(C)cc3)[nH]n2c1OC(=O)N(COC(C)=O)COC(C)=O.[C-]#[N+]c1c(C(=O)OC2C(C)CC(C)CC2C)c2nc(-c3ccc(C)cc3)[nH]n2c1OC(=O)N1CCOCC1.[C-]#[N+]c1c(C(=O)OC2C(C)CC(C)CC2C)c2nc(-c3ccccc3)[nH]n2c1OC(=O)N1CCOCC1. The molecule has 2 saturated heterocycles. The number of nitrogens with one attached hydrogen (secondary N) is 3. The number of hydrogen-bond donors (Lipinski definition) is 3. The van der Waals surface area contributed by atoms with Gasteiger partial charge in [0.1, 0.15) is 35.0 Å². The number of carbonyl (C=O) groups is 8. The van der Waals surface area contributed by atoms with Gasteiger partial charge in [0.2, 0.25) is 17.6 Å². The standard InChI is InChI=1S/C30H35N5O8.C28H33N5O5.C27H31N5O5/c1-16-8-10-22(11-9-16)26-32-27-23(29(38)42-25-18(3)12-17(2)13-19(25)4)24(31-7)28(35(27)33-26)43-30(39)34(14-40-20(5)36)15-41-21(6)37;1-16-6-8-20(9-7-16)24-30-25-21(27(34)37-23-18(3)14-17(2)15-19(23)4)22(29-5)26(33(25)31-24)38-28(35)32-10-12-36-13-11-32;1-16-14-17(2)22(18(3)15-16)36-26(33)20-21(28-4)25(37-27(34)31-10-12-35-13-11-31)32-24(20)29-23(30-32)19-8-6-5-7-9-19/h8-11,17-19,25H,12-15H2,1-6H3,(H,32,33);6-9,17-19,23H,10-15H2,1-4H3,(H,30,31);5-9,16-18,22H,10-15H2,1-3H3,(H,29,30). The van der Waals surface area contributed by atoms with Crippen molar-refractivity contribution in [1.29, 1.82) is 0 Å². The molecule has 3 aliphatic carbocycles. The Balaban J connectivity index is 0.000000163. The van der Waals surface area contributed by atoms with Gasteiger partial charge in [-0.1, -0.05) is 152 Å². The average Bonchev–Trinajstić information content (AvgIpc) is 1.60. The van der Waals surface area contributed by atoms with Crippen LogP contribution >= 0.6 is 0 Å². The van der Waals surface area contributed by atoms with E-state index in [2.05, 4.69) is 93.2 Å². The summed E-state index contributed by atoms with van der Waals surface area (Å²) in [6.07, 6.45) is 2.38. The fraction of sp³-hybridized carbons (Fsp3) is 0.482. The Labute approximate surface area is 682 Å². The molecule has 6 aromatic heterocycles. The number of aromatic nitrogens is 9. The van der Waals surface area contributed by atoms with Crippen molar-refractivity contribution in [2.45, 2.75) is 147 Å². The number of fused-ring (bicyclic) bond motifs is 3. The van der Waals surface area contributed by atoms with Crippen molar-refractivity contribution in [3.63, 3.8) is 0 Å². The van der Waals surface area contributed by atoms with Crippen molar-refractivity contribution in [3.8, 4) is 51.8 Å². The summed E-state index contributed by atoms with van der Waals surface area (Å²) in [5.41, 5.74) is 4.12. The number of amides is 3. The highest BCUT2D eigenvalue weighted by molar-refractivity contribution is 6.07. The number of morpholine rings is 2. The van der Waals surface area contributed by atoms with Gasteiger partial charge < -0.3 is 57.2 Å². The molecular formula is C85H99N15O18. The molecule has 0 bridgehead atoms. The van der Waals surface area contributed by atoms with E-state index < -0.39 is 61.6 Å². The maximum Gasteiger partial charge on any atom is 0.420 e. The molecule has 14 rings (SSSR count). The number of esters is 5. The van der Waals surface area contributed by atoms with Gasteiger partial charge in [-0.2, -0.15) is 0 Å². The minimum atomic E-state index is -1.11. The number of ether oxygens (including phenoxy) is 10. The molecule has 6 unspecified atom stereocenters. The van der Waals surface area contributed by atoms with Gasteiger partial charge in [0.05, 0.1) is 46.1 Å². The molecule has 3 saturated carbocycles. The highest BCUT2D eigenvalue weighted by Crippen LogP contribution is 2.46. The Morgan fingerprint density at radius 1 is 0.432 bits per heavy atom. The molecule has 5 aliphatic rings. The lowest BCUT2D eigenvalue weighted by Crippen LogP contribution is -2.42. The van der Waals surface area contributed by atoms with E-state index in [1.807, 2.05) is 107 Å². The zero-order valence-electron chi connectivity index (χ0n) is 68.5. The quantitative estimate of drug-likeness (QED) is 0.0350. The van der Waals surface area contributed by atoms with E-state index in [0.29, 0.717) is 93.4 Å². The minimum Gasteiger partial charge on any atom is -0.459 e. The Morgan fingerprint density at radius 3 is 1.01 bits per heavy atom. The molecule has 33 nitrogen and oxygen atoms in total. The highest BCUT2D eigenvalue weighted by Gasteiger charge is 2.43. The number of H-pyrrole nitrogens is 3. The number of aromatic amines is 3. The Bertz CT molecular complexity index is 5260. The van der Waals surface area contributed by atoms with Crippen LogP contribution in [-0.4, -0.2) is 191 Å². The van der Waals surface area contributed by atoms with Gasteiger partial charge in [-0.3, -0.25) is 24.9 Å². The number of benzene rings is 3. The molecule has 0 spiro atoms. The van der Waals surface area contributed by atoms with Crippen LogP contribution in [0.1, 0.15) is 157 Å². The second kappa shape index (κ2) is 37.2. The van der Waals surface area contributed by atoms with Crippen LogP contribution in [0.25, 0.3) is 65.6 Å². The maximum absolute atomic E-state index is 13.8. The second-order valence-electron chi connectivity index (χ2n) is 31.8. The lowest BCUT2D eigenvalue weighted by Gasteiger charge is -2.37. The Morgan fingerprint density at radius 2 is 0.720 bits per heavy atom. The van der Waals surface area contributed by atoms with E-state index in [9.17, 15) is 38.4 Å². The van der Waals surface area contributed by atoms with Crippen LogP contribution in [-0.2, 0) is 42.7 Å². The first-order valence-corrected chi connectivity index (χ1v) is 39.7. The van der Waals surface area contributed by atoms with Gasteiger partial charge in [0.15, 0.2) is 47.9 Å². The lowest BCUT2D eigenvalue weighted by molar-refractivity contribution is -0.152. The summed E-state index contributed by atoms with van der Waals surface area (Å²) in [5.74, 6) is -0.0246. The van der Waals surface area contributed by atoms with Gasteiger partial charge in [0, 0.05) is 56.7 Å². The maximum atomic E-state index is 13.8. The molecule has 0 radical (unpaired) electrons. The molecule has 33 heteroatoms. The molecule has 6 atom stereocenters. The van der Waals surface area contributed by atoms with Gasteiger partial charge >= 0.3 is 48.1 Å². The van der Waals surface area contributed by atoms with E-state index in [1.54, 1.807) is 0 Å². The molecule has 5 fully saturated rings. The van der Waals surface area contributed by atoms with Gasteiger partial charge in [-0.15, -0.1) is 0 Å². The van der Waals surface area contributed by atoms with Gasteiger partial charge in [-0.05, 0) is 106 Å². The summed E-state index contributed by atoms with van der Waals surface area (Å²) in [5, 5.41) is 9.23. The molecular weight excluding hydrogens is 1520 g/mol. The van der Waals surface area contributed by atoms with Crippen molar-refractivity contribution in [3.05, 3.63) is 141 Å². The molecule has 118 heavy (non-hydrogen) atoms. The zero-order valence-corrected chi connectivity index (χ0v) is 68.5. The topological polar surface area (TPSA) is 351 Å². The van der Waals surface area contributed by atoms with Crippen LogP contribution in [0.3, 0.4) is 0 Å².